The molecule has 3 rings (SSSR count). The van der Waals surface area contributed by atoms with E-state index in [4.69, 9.17) is 4.74 Å². The minimum absolute atomic E-state index is 0.0105. The third-order valence-corrected chi connectivity index (χ3v) is 4.02. The normalized spacial score (nSPS) is 12.7. The lowest BCUT2D eigenvalue weighted by Gasteiger charge is -2.08. The second-order valence-corrected chi connectivity index (χ2v) is 5.89. The summed E-state index contributed by atoms with van der Waals surface area (Å²) in [7, 11) is 0. The molecule has 2 aromatic carbocycles. The third-order valence-electron chi connectivity index (χ3n) is 4.02. The summed E-state index contributed by atoms with van der Waals surface area (Å²) in [4.78, 5) is 11.9. The summed E-state index contributed by atoms with van der Waals surface area (Å²) >= 11 is 0. The largest absolute Gasteiger partial charge is 0.494 e. The topological polar surface area (TPSA) is 50.4 Å². The predicted octanol–water partition coefficient (Wildman–Crippen LogP) is 2.90. The zero-order chi connectivity index (χ0) is 16.8. The monoisotopic (exact) mass is 328 g/mol. The van der Waals surface area contributed by atoms with Crippen molar-refractivity contribution in [1.82, 2.24) is 10.6 Å². The SMILES string of the molecule is O=C(CCCOc1ccc(F)cc1)NCc1ccc2c(c1)CNC2. The summed E-state index contributed by atoms with van der Waals surface area (Å²) in [5, 5.41) is 6.24. The van der Waals surface area contributed by atoms with Crippen LogP contribution in [0.15, 0.2) is 42.5 Å². The minimum atomic E-state index is -0.288. The van der Waals surface area contributed by atoms with Gasteiger partial charge in [-0.3, -0.25) is 4.79 Å². The predicted molar refractivity (Wildman–Crippen MR) is 90.0 cm³/mol. The molecule has 0 saturated carbocycles. The third kappa shape index (κ3) is 4.55. The van der Waals surface area contributed by atoms with Crippen LogP contribution in [0.5, 0.6) is 5.75 Å². The summed E-state index contributed by atoms with van der Waals surface area (Å²) in [6.07, 6.45) is 1.03. The van der Waals surface area contributed by atoms with Gasteiger partial charge in [-0.1, -0.05) is 18.2 Å². The number of carbonyl (C=O) groups excluding carboxylic acids is 1. The molecular formula is C19H21FN2O2. The van der Waals surface area contributed by atoms with Crippen molar-refractivity contribution in [3.05, 3.63) is 65.0 Å². The number of hydrogen-bond acceptors (Lipinski definition) is 3. The van der Waals surface area contributed by atoms with E-state index >= 15 is 0 Å². The van der Waals surface area contributed by atoms with Crippen molar-refractivity contribution in [2.75, 3.05) is 6.61 Å². The molecule has 24 heavy (non-hydrogen) atoms. The van der Waals surface area contributed by atoms with E-state index in [-0.39, 0.29) is 11.7 Å². The molecular weight excluding hydrogens is 307 g/mol. The molecule has 0 aliphatic carbocycles. The number of amides is 1. The molecule has 126 valence electrons. The van der Waals surface area contributed by atoms with Gasteiger partial charge in [-0.25, -0.2) is 4.39 Å². The van der Waals surface area contributed by atoms with Crippen LogP contribution < -0.4 is 15.4 Å². The molecule has 0 fully saturated rings. The van der Waals surface area contributed by atoms with Crippen LogP contribution in [-0.2, 0) is 24.4 Å². The highest BCUT2D eigenvalue weighted by atomic mass is 19.1. The zero-order valence-corrected chi connectivity index (χ0v) is 13.5. The highest BCUT2D eigenvalue weighted by Crippen LogP contribution is 2.17. The van der Waals surface area contributed by atoms with Crippen LogP contribution in [0.25, 0.3) is 0 Å². The molecule has 5 heteroatoms. The fourth-order valence-corrected chi connectivity index (χ4v) is 2.70. The van der Waals surface area contributed by atoms with E-state index in [2.05, 4.69) is 28.8 Å². The maximum absolute atomic E-state index is 12.8. The number of carbonyl (C=O) groups is 1. The lowest BCUT2D eigenvalue weighted by Crippen LogP contribution is -2.23. The molecule has 1 heterocycles. The first-order chi connectivity index (χ1) is 11.7. The number of hydrogen-bond donors (Lipinski definition) is 2. The van der Waals surface area contributed by atoms with Crippen molar-refractivity contribution in [1.29, 1.82) is 0 Å². The molecule has 0 spiro atoms. The Morgan fingerprint density at radius 1 is 1.12 bits per heavy atom. The van der Waals surface area contributed by atoms with Gasteiger partial charge in [0, 0.05) is 26.1 Å². The number of benzene rings is 2. The summed E-state index contributed by atoms with van der Waals surface area (Å²) in [6.45, 7) is 2.81. The van der Waals surface area contributed by atoms with E-state index in [9.17, 15) is 9.18 Å². The van der Waals surface area contributed by atoms with Crippen molar-refractivity contribution < 1.29 is 13.9 Å². The van der Waals surface area contributed by atoms with E-state index in [1.54, 1.807) is 12.1 Å². The molecule has 2 N–H and O–H groups in total. The van der Waals surface area contributed by atoms with Crippen LogP contribution in [0.4, 0.5) is 4.39 Å². The maximum atomic E-state index is 12.8. The van der Waals surface area contributed by atoms with Crippen LogP contribution >= 0.6 is 0 Å². The van der Waals surface area contributed by atoms with E-state index in [1.165, 1.54) is 23.3 Å². The van der Waals surface area contributed by atoms with Crippen molar-refractivity contribution >= 4 is 5.91 Å². The Morgan fingerprint density at radius 2 is 1.92 bits per heavy atom. The van der Waals surface area contributed by atoms with Crippen molar-refractivity contribution in [2.45, 2.75) is 32.5 Å². The lowest BCUT2D eigenvalue weighted by atomic mass is 10.1. The zero-order valence-electron chi connectivity index (χ0n) is 13.5. The number of nitrogens with one attached hydrogen (secondary N) is 2. The highest BCUT2D eigenvalue weighted by Gasteiger charge is 2.10. The minimum Gasteiger partial charge on any atom is -0.494 e. The van der Waals surface area contributed by atoms with Gasteiger partial charge in [0.15, 0.2) is 0 Å². The van der Waals surface area contributed by atoms with Gasteiger partial charge in [-0.05, 0) is 47.4 Å². The lowest BCUT2D eigenvalue weighted by molar-refractivity contribution is -0.121. The van der Waals surface area contributed by atoms with Crippen LogP contribution in [0.1, 0.15) is 29.5 Å². The summed E-state index contributed by atoms with van der Waals surface area (Å²) in [5.41, 5.74) is 3.77. The summed E-state index contributed by atoms with van der Waals surface area (Å²) in [5.74, 6) is 0.337. The van der Waals surface area contributed by atoms with E-state index in [1.807, 2.05) is 0 Å². The number of halogens is 1. The Hall–Kier alpha value is -2.40. The molecule has 0 atom stereocenters. The average Bonchev–Trinajstić information content (AvgIpc) is 3.06. The van der Waals surface area contributed by atoms with Gasteiger partial charge in [0.05, 0.1) is 6.61 Å². The molecule has 1 aliphatic heterocycles. The Balaban J connectivity index is 1.34. The van der Waals surface area contributed by atoms with Crippen molar-refractivity contribution in [3.8, 4) is 5.75 Å². The van der Waals surface area contributed by atoms with Crippen molar-refractivity contribution in [2.24, 2.45) is 0 Å². The molecule has 0 aromatic heterocycles. The molecule has 0 unspecified atom stereocenters. The quantitative estimate of drug-likeness (QED) is 0.769. The van der Waals surface area contributed by atoms with Gasteiger partial charge in [0.2, 0.25) is 5.91 Å². The van der Waals surface area contributed by atoms with Crippen LogP contribution in [0, 0.1) is 5.82 Å². The molecule has 0 radical (unpaired) electrons. The smallest absolute Gasteiger partial charge is 0.220 e. The van der Waals surface area contributed by atoms with E-state index in [0.717, 1.165) is 18.7 Å². The Labute approximate surface area is 141 Å². The standard InChI is InChI=1S/C19H21FN2O2/c20-17-5-7-18(8-6-17)24-9-1-2-19(23)22-11-14-3-4-15-12-21-13-16(15)10-14/h3-8,10,21H,1-2,9,11-13H2,(H,22,23). The van der Waals surface area contributed by atoms with Gasteiger partial charge in [0.25, 0.3) is 0 Å². The molecule has 1 aliphatic rings. The Bertz CT molecular complexity index is 701. The van der Waals surface area contributed by atoms with Gasteiger partial charge in [0.1, 0.15) is 11.6 Å². The molecule has 0 bridgehead atoms. The van der Waals surface area contributed by atoms with E-state index < -0.39 is 0 Å². The first-order valence-electron chi connectivity index (χ1n) is 8.17. The highest BCUT2D eigenvalue weighted by molar-refractivity contribution is 5.75. The van der Waals surface area contributed by atoms with Gasteiger partial charge >= 0.3 is 0 Å². The van der Waals surface area contributed by atoms with Gasteiger partial charge < -0.3 is 15.4 Å². The van der Waals surface area contributed by atoms with E-state index in [0.29, 0.717) is 31.7 Å². The second kappa shape index (κ2) is 7.93. The fraction of sp³-hybridized carbons (Fsp3) is 0.316. The molecule has 2 aromatic rings. The molecule has 1 amide bonds. The van der Waals surface area contributed by atoms with Crippen LogP contribution in [0.3, 0.4) is 0 Å². The Kier molecular flexibility index (Phi) is 5.43. The van der Waals surface area contributed by atoms with Gasteiger partial charge in [-0.2, -0.15) is 0 Å². The van der Waals surface area contributed by atoms with Crippen LogP contribution in [-0.4, -0.2) is 12.5 Å². The van der Waals surface area contributed by atoms with Gasteiger partial charge in [-0.15, -0.1) is 0 Å². The summed E-state index contributed by atoms with van der Waals surface area (Å²) in [6, 6.07) is 12.2. The first kappa shape index (κ1) is 16.5. The average molecular weight is 328 g/mol. The number of fused-ring (bicyclic) bond motifs is 1. The van der Waals surface area contributed by atoms with Crippen molar-refractivity contribution in [3.63, 3.8) is 0 Å². The van der Waals surface area contributed by atoms with Crippen LogP contribution in [0.2, 0.25) is 0 Å². The number of rotatable bonds is 7. The Morgan fingerprint density at radius 3 is 2.75 bits per heavy atom. The number of ether oxygens (including phenoxy) is 1. The first-order valence-corrected chi connectivity index (χ1v) is 8.17. The fourth-order valence-electron chi connectivity index (χ4n) is 2.70. The second-order valence-electron chi connectivity index (χ2n) is 5.89. The summed E-state index contributed by atoms with van der Waals surface area (Å²) < 4.78 is 18.2. The maximum Gasteiger partial charge on any atom is 0.220 e. The molecule has 4 nitrogen and oxygen atoms in total. The molecule has 0 saturated heterocycles.